The first-order valence-electron chi connectivity index (χ1n) is 5.03. The van der Waals surface area contributed by atoms with Gasteiger partial charge in [0, 0.05) is 6.54 Å². The zero-order valence-electron chi connectivity index (χ0n) is 8.84. The molecule has 1 fully saturated rings. The molecule has 0 spiro atoms. The minimum absolute atomic E-state index is 0.185. The topological polar surface area (TPSA) is 37.4 Å². The highest BCUT2D eigenvalue weighted by Crippen LogP contribution is 2.31. The summed E-state index contributed by atoms with van der Waals surface area (Å²) in [6.07, 6.45) is 1.75. The van der Waals surface area contributed by atoms with Crippen molar-refractivity contribution >= 4 is 29.0 Å². The van der Waals surface area contributed by atoms with Gasteiger partial charge in [0.2, 0.25) is 0 Å². The van der Waals surface area contributed by atoms with Crippen LogP contribution in [0.5, 0.6) is 0 Å². The van der Waals surface area contributed by atoms with Gasteiger partial charge in [0.25, 0.3) is 11.1 Å². The van der Waals surface area contributed by atoms with Crippen molar-refractivity contribution in [2.75, 3.05) is 6.54 Å². The monoisotopic (exact) mass is 233 g/mol. The van der Waals surface area contributed by atoms with Crippen molar-refractivity contribution in [2.24, 2.45) is 0 Å². The molecule has 2 amide bonds. The first kappa shape index (κ1) is 11.0. The number of rotatable bonds is 2. The van der Waals surface area contributed by atoms with Crippen LogP contribution in [0.3, 0.4) is 0 Å². The average Bonchev–Trinajstić information content (AvgIpc) is 2.55. The van der Waals surface area contributed by atoms with Crippen molar-refractivity contribution in [1.82, 2.24) is 4.90 Å². The van der Waals surface area contributed by atoms with Gasteiger partial charge in [0.15, 0.2) is 0 Å². The van der Waals surface area contributed by atoms with Crippen molar-refractivity contribution < 1.29 is 9.59 Å². The van der Waals surface area contributed by atoms with Gasteiger partial charge in [0.05, 0.1) is 4.91 Å². The Balaban J connectivity index is 2.27. The Bertz CT molecular complexity index is 453. The number of carbonyl (C=O) groups excluding carboxylic acids is 2. The van der Waals surface area contributed by atoms with E-state index in [0.717, 1.165) is 17.3 Å². The highest BCUT2D eigenvalue weighted by atomic mass is 32.2. The fourth-order valence-corrected chi connectivity index (χ4v) is 2.38. The van der Waals surface area contributed by atoms with E-state index in [2.05, 4.69) is 0 Å². The summed E-state index contributed by atoms with van der Waals surface area (Å²) in [6, 6.07) is 9.51. The van der Waals surface area contributed by atoms with Crippen LogP contribution in [0.1, 0.15) is 12.5 Å². The molecule has 3 nitrogen and oxygen atoms in total. The molecule has 0 atom stereocenters. The number of benzene rings is 1. The Morgan fingerprint density at radius 2 is 1.94 bits per heavy atom. The molecule has 1 aliphatic heterocycles. The Morgan fingerprint density at radius 1 is 1.25 bits per heavy atom. The van der Waals surface area contributed by atoms with E-state index in [4.69, 9.17) is 0 Å². The van der Waals surface area contributed by atoms with Crippen LogP contribution in [0.25, 0.3) is 6.08 Å². The molecule has 0 radical (unpaired) electrons. The van der Waals surface area contributed by atoms with E-state index in [1.807, 2.05) is 30.3 Å². The largest absolute Gasteiger partial charge is 0.293 e. The number of thioether (sulfide) groups is 1. The predicted octanol–water partition coefficient (Wildman–Crippen LogP) is 2.74. The summed E-state index contributed by atoms with van der Waals surface area (Å²) >= 11 is 1.000. The molecule has 1 saturated heterocycles. The molecule has 0 unspecified atom stereocenters. The summed E-state index contributed by atoms with van der Waals surface area (Å²) in [7, 11) is 0. The minimum Gasteiger partial charge on any atom is -0.269 e. The molecule has 16 heavy (non-hydrogen) atoms. The SMILES string of the molecule is CCN1C(=O)S/C(=C/c2ccccc2)C1=O. The van der Waals surface area contributed by atoms with Crippen molar-refractivity contribution in [1.29, 1.82) is 0 Å². The number of hydrogen-bond acceptors (Lipinski definition) is 3. The summed E-state index contributed by atoms with van der Waals surface area (Å²) in [5.74, 6) is -0.193. The van der Waals surface area contributed by atoms with E-state index in [9.17, 15) is 9.59 Å². The lowest BCUT2D eigenvalue weighted by Crippen LogP contribution is -2.27. The van der Waals surface area contributed by atoms with E-state index in [1.165, 1.54) is 4.90 Å². The number of amides is 2. The molecule has 0 aliphatic carbocycles. The molecule has 2 rings (SSSR count). The van der Waals surface area contributed by atoms with Crippen LogP contribution in [0.4, 0.5) is 4.79 Å². The summed E-state index contributed by atoms with van der Waals surface area (Å²) in [4.78, 5) is 25.0. The molecule has 82 valence electrons. The van der Waals surface area contributed by atoms with Crippen LogP contribution in [0.15, 0.2) is 35.2 Å². The lowest BCUT2D eigenvalue weighted by Gasteiger charge is -2.06. The molecule has 1 aromatic carbocycles. The first-order valence-corrected chi connectivity index (χ1v) is 5.84. The van der Waals surface area contributed by atoms with Crippen molar-refractivity contribution in [2.45, 2.75) is 6.92 Å². The van der Waals surface area contributed by atoms with Gasteiger partial charge in [-0.1, -0.05) is 30.3 Å². The Labute approximate surface area is 98.1 Å². The zero-order valence-corrected chi connectivity index (χ0v) is 9.66. The Hall–Kier alpha value is -1.55. The molecule has 4 heteroatoms. The lowest BCUT2D eigenvalue weighted by atomic mass is 10.2. The third-order valence-corrected chi connectivity index (χ3v) is 3.19. The quantitative estimate of drug-likeness (QED) is 0.737. The Morgan fingerprint density at radius 3 is 2.50 bits per heavy atom. The van der Waals surface area contributed by atoms with Gasteiger partial charge in [-0.3, -0.25) is 14.5 Å². The second-order valence-electron chi connectivity index (χ2n) is 3.34. The van der Waals surface area contributed by atoms with Crippen molar-refractivity contribution in [3.05, 3.63) is 40.8 Å². The third-order valence-electron chi connectivity index (χ3n) is 2.29. The maximum atomic E-state index is 11.8. The van der Waals surface area contributed by atoms with Gasteiger partial charge in [0.1, 0.15) is 0 Å². The van der Waals surface area contributed by atoms with Crippen LogP contribution in [0, 0.1) is 0 Å². The van der Waals surface area contributed by atoms with Gasteiger partial charge in [-0.15, -0.1) is 0 Å². The number of nitrogens with zero attached hydrogens (tertiary/aromatic N) is 1. The minimum atomic E-state index is -0.193. The normalized spacial score (nSPS) is 18.6. The standard InChI is InChI=1S/C12H11NO2S/c1-2-13-11(14)10(16-12(13)15)8-9-6-4-3-5-7-9/h3-8H,2H2,1H3/b10-8+. The van der Waals surface area contributed by atoms with E-state index < -0.39 is 0 Å². The summed E-state index contributed by atoms with van der Waals surface area (Å²) < 4.78 is 0. The Kier molecular flexibility index (Phi) is 3.10. The van der Waals surface area contributed by atoms with Crippen LogP contribution >= 0.6 is 11.8 Å². The van der Waals surface area contributed by atoms with Gasteiger partial charge in [-0.2, -0.15) is 0 Å². The summed E-state index contributed by atoms with van der Waals surface area (Å²) in [6.45, 7) is 2.22. The van der Waals surface area contributed by atoms with Crippen molar-refractivity contribution in [3.8, 4) is 0 Å². The van der Waals surface area contributed by atoms with E-state index in [0.29, 0.717) is 11.4 Å². The smallest absolute Gasteiger partial charge is 0.269 e. The molecule has 1 heterocycles. The van der Waals surface area contributed by atoms with E-state index in [-0.39, 0.29) is 11.1 Å². The predicted molar refractivity (Wildman–Crippen MR) is 64.8 cm³/mol. The van der Waals surface area contributed by atoms with Crippen LogP contribution in [0.2, 0.25) is 0 Å². The number of hydrogen-bond donors (Lipinski definition) is 0. The lowest BCUT2D eigenvalue weighted by molar-refractivity contribution is -0.122. The summed E-state index contributed by atoms with van der Waals surface area (Å²) in [5.41, 5.74) is 0.934. The van der Waals surface area contributed by atoms with Crippen LogP contribution < -0.4 is 0 Å². The van der Waals surface area contributed by atoms with E-state index >= 15 is 0 Å². The first-order chi connectivity index (χ1) is 7.72. The molecular formula is C12H11NO2S. The van der Waals surface area contributed by atoms with Crippen LogP contribution in [-0.2, 0) is 4.79 Å². The fraction of sp³-hybridized carbons (Fsp3) is 0.167. The number of likely N-dealkylation sites (N-methyl/N-ethyl adjacent to an activating group) is 1. The molecule has 1 aliphatic rings. The highest BCUT2D eigenvalue weighted by Gasteiger charge is 2.33. The molecule has 0 N–H and O–H groups in total. The summed E-state index contributed by atoms with van der Waals surface area (Å²) in [5, 5.41) is -0.185. The highest BCUT2D eigenvalue weighted by molar-refractivity contribution is 8.18. The second-order valence-corrected chi connectivity index (χ2v) is 4.33. The van der Waals surface area contributed by atoms with Crippen LogP contribution in [-0.4, -0.2) is 22.6 Å². The molecule has 1 aromatic rings. The van der Waals surface area contributed by atoms with Gasteiger partial charge in [-0.25, -0.2) is 0 Å². The van der Waals surface area contributed by atoms with Gasteiger partial charge in [-0.05, 0) is 30.3 Å². The maximum absolute atomic E-state index is 11.8. The maximum Gasteiger partial charge on any atom is 0.293 e. The average molecular weight is 233 g/mol. The van der Waals surface area contributed by atoms with Crippen molar-refractivity contribution in [3.63, 3.8) is 0 Å². The third kappa shape index (κ3) is 2.02. The number of carbonyl (C=O) groups is 2. The molecular weight excluding hydrogens is 222 g/mol. The molecule has 0 saturated carbocycles. The van der Waals surface area contributed by atoms with Gasteiger partial charge >= 0.3 is 0 Å². The fourth-order valence-electron chi connectivity index (χ4n) is 1.47. The zero-order chi connectivity index (χ0) is 11.5. The van der Waals surface area contributed by atoms with Gasteiger partial charge < -0.3 is 0 Å². The second kappa shape index (κ2) is 4.53. The van der Waals surface area contributed by atoms with E-state index in [1.54, 1.807) is 13.0 Å². The molecule has 0 bridgehead atoms. The number of imide groups is 1. The molecule has 0 aromatic heterocycles.